The van der Waals surface area contributed by atoms with Gasteiger partial charge in [-0.05, 0) is 41.7 Å². The van der Waals surface area contributed by atoms with E-state index in [9.17, 15) is 13.2 Å². The summed E-state index contributed by atoms with van der Waals surface area (Å²) in [6.45, 7) is 0.718. The molecule has 150 valence electrons. The van der Waals surface area contributed by atoms with E-state index in [1.54, 1.807) is 12.1 Å². The molecule has 0 aliphatic rings. The summed E-state index contributed by atoms with van der Waals surface area (Å²) in [5, 5.41) is 7.96. The lowest BCUT2D eigenvalue weighted by Gasteiger charge is -2.05. The standard InChI is InChI=1S/C22H23N3O3S/c23-29(27,28)21-8-6-18(7-9-21)10-13-24-22(26)17-25-14-11-20(12-15-25)16-19-4-2-1-3-5-19/h1-9,11-12,14-15H,10,13,16-17H2,(H2-,23,24,26,27,28)/p+1. The molecule has 3 rings (SSSR count). The van der Waals surface area contributed by atoms with Crippen molar-refractivity contribution < 1.29 is 17.8 Å². The smallest absolute Gasteiger partial charge is 0.285 e. The topological polar surface area (TPSA) is 93.1 Å². The van der Waals surface area contributed by atoms with Crippen molar-refractivity contribution in [1.29, 1.82) is 0 Å². The van der Waals surface area contributed by atoms with Gasteiger partial charge in [0.1, 0.15) is 0 Å². The molecule has 3 aromatic rings. The highest BCUT2D eigenvalue weighted by molar-refractivity contribution is 7.89. The second kappa shape index (κ2) is 9.45. The molecule has 0 saturated heterocycles. The molecule has 0 spiro atoms. The molecule has 2 aromatic carbocycles. The lowest BCUT2D eigenvalue weighted by atomic mass is 10.1. The number of nitrogens with one attached hydrogen (secondary N) is 1. The zero-order chi connectivity index (χ0) is 20.7. The molecule has 0 bridgehead atoms. The third kappa shape index (κ3) is 6.51. The van der Waals surface area contributed by atoms with Gasteiger partial charge in [0, 0.05) is 18.7 Å². The van der Waals surface area contributed by atoms with Crippen molar-refractivity contribution in [3.05, 3.63) is 95.8 Å². The molecule has 0 unspecified atom stereocenters. The fourth-order valence-electron chi connectivity index (χ4n) is 2.96. The van der Waals surface area contributed by atoms with Gasteiger partial charge in [0.15, 0.2) is 12.4 Å². The molecule has 0 saturated carbocycles. The van der Waals surface area contributed by atoms with E-state index in [2.05, 4.69) is 17.4 Å². The Labute approximate surface area is 171 Å². The molecule has 29 heavy (non-hydrogen) atoms. The van der Waals surface area contributed by atoms with E-state index in [4.69, 9.17) is 5.14 Å². The Morgan fingerprint density at radius 2 is 1.48 bits per heavy atom. The highest BCUT2D eigenvalue weighted by Gasteiger charge is 2.10. The average molecular weight is 411 g/mol. The van der Waals surface area contributed by atoms with Crippen LogP contribution in [0.2, 0.25) is 0 Å². The number of rotatable bonds is 8. The summed E-state index contributed by atoms with van der Waals surface area (Å²) in [5.41, 5.74) is 3.37. The van der Waals surface area contributed by atoms with Crippen molar-refractivity contribution in [2.75, 3.05) is 6.54 Å². The lowest BCUT2D eigenvalue weighted by Crippen LogP contribution is -2.42. The van der Waals surface area contributed by atoms with Crippen LogP contribution in [0.5, 0.6) is 0 Å². The molecule has 0 radical (unpaired) electrons. The maximum Gasteiger partial charge on any atom is 0.285 e. The summed E-state index contributed by atoms with van der Waals surface area (Å²) in [5.74, 6) is -0.0769. The van der Waals surface area contributed by atoms with E-state index in [0.29, 0.717) is 13.0 Å². The highest BCUT2D eigenvalue weighted by atomic mass is 32.2. The Bertz CT molecular complexity index is 1050. The lowest BCUT2D eigenvalue weighted by molar-refractivity contribution is -0.684. The Hall–Kier alpha value is -3.03. The quantitative estimate of drug-likeness (QED) is 0.552. The van der Waals surface area contributed by atoms with Gasteiger partial charge in [-0.3, -0.25) is 4.79 Å². The second-order valence-corrected chi connectivity index (χ2v) is 8.39. The van der Waals surface area contributed by atoms with Gasteiger partial charge in [0.05, 0.1) is 4.90 Å². The number of primary sulfonamides is 1. The van der Waals surface area contributed by atoms with Crippen molar-refractivity contribution >= 4 is 15.9 Å². The van der Waals surface area contributed by atoms with Gasteiger partial charge in [-0.25, -0.2) is 13.6 Å². The number of pyridine rings is 1. The number of hydrogen-bond acceptors (Lipinski definition) is 3. The van der Waals surface area contributed by atoms with Crippen LogP contribution >= 0.6 is 0 Å². The van der Waals surface area contributed by atoms with Crippen LogP contribution in [-0.4, -0.2) is 20.9 Å². The molecule has 0 aliphatic heterocycles. The van der Waals surface area contributed by atoms with Gasteiger partial charge < -0.3 is 5.32 Å². The Balaban J connectivity index is 1.44. The molecule has 6 nitrogen and oxygen atoms in total. The number of benzene rings is 2. The van der Waals surface area contributed by atoms with Crippen LogP contribution in [-0.2, 0) is 34.2 Å². The zero-order valence-electron chi connectivity index (χ0n) is 16.0. The van der Waals surface area contributed by atoms with Crippen molar-refractivity contribution in [2.24, 2.45) is 5.14 Å². The molecule has 1 aromatic heterocycles. The minimum absolute atomic E-state index is 0.0769. The van der Waals surface area contributed by atoms with E-state index < -0.39 is 10.0 Å². The number of carbonyl (C=O) groups excluding carboxylic acids is 1. The largest absolute Gasteiger partial charge is 0.350 e. The number of nitrogens with two attached hydrogens (primary N) is 1. The molecule has 0 atom stereocenters. The van der Waals surface area contributed by atoms with Crippen molar-refractivity contribution in [3.8, 4) is 0 Å². The van der Waals surface area contributed by atoms with E-state index in [1.165, 1.54) is 23.3 Å². The third-order valence-corrected chi connectivity index (χ3v) is 5.45. The van der Waals surface area contributed by atoms with Crippen molar-refractivity contribution in [2.45, 2.75) is 24.3 Å². The van der Waals surface area contributed by atoms with Gasteiger partial charge in [0.2, 0.25) is 16.6 Å². The first-order valence-corrected chi connectivity index (χ1v) is 10.9. The van der Waals surface area contributed by atoms with E-state index >= 15 is 0 Å². The molecule has 0 aliphatic carbocycles. The van der Waals surface area contributed by atoms with Crippen molar-refractivity contribution in [1.82, 2.24) is 5.32 Å². The van der Waals surface area contributed by atoms with Crippen molar-refractivity contribution in [3.63, 3.8) is 0 Å². The van der Waals surface area contributed by atoms with E-state index in [0.717, 1.165) is 12.0 Å². The summed E-state index contributed by atoms with van der Waals surface area (Å²) in [4.78, 5) is 12.2. The minimum Gasteiger partial charge on any atom is -0.350 e. The van der Waals surface area contributed by atoms with Gasteiger partial charge in [-0.2, -0.15) is 4.57 Å². The Kier molecular flexibility index (Phi) is 6.74. The third-order valence-electron chi connectivity index (χ3n) is 4.53. The predicted molar refractivity (Wildman–Crippen MR) is 110 cm³/mol. The van der Waals surface area contributed by atoms with Crippen LogP contribution < -0.4 is 15.0 Å². The maximum absolute atomic E-state index is 12.1. The number of aromatic nitrogens is 1. The SMILES string of the molecule is NS(=O)(=O)c1ccc(CCNC(=O)C[n+]2ccc(Cc3ccccc3)cc2)cc1. The Morgan fingerprint density at radius 3 is 2.10 bits per heavy atom. The monoisotopic (exact) mass is 410 g/mol. The summed E-state index contributed by atoms with van der Waals surface area (Å²) in [7, 11) is -3.68. The van der Waals surface area contributed by atoms with Crippen LogP contribution in [0.3, 0.4) is 0 Å². The summed E-state index contributed by atoms with van der Waals surface area (Å²) in [6.07, 6.45) is 5.28. The van der Waals surface area contributed by atoms with Crippen LogP contribution in [0.1, 0.15) is 16.7 Å². The summed E-state index contributed by atoms with van der Waals surface area (Å²) >= 11 is 0. The number of amides is 1. The average Bonchev–Trinajstić information content (AvgIpc) is 2.70. The Morgan fingerprint density at radius 1 is 0.862 bits per heavy atom. The number of hydrogen-bond donors (Lipinski definition) is 2. The zero-order valence-corrected chi connectivity index (χ0v) is 16.8. The van der Waals surface area contributed by atoms with Crippen LogP contribution in [0.4, 0.5) is 0 Å². The fraction of sp³-hybridized carbons (Fsp3) is 0.182. The number of sulfonamides is 1. The van der Waals surface area contributed by atoms with Crippen LogP contribution in [0, 0.1) is 0 Å². The predicted octanol–water partition coefficient (Wildman–Crippen LogP) is 1.57. The van der Waals surface area contributed by atoms with Crippen LogP contribution in [0.15, 0.2) is 84.0 Å². The van der Waals surface area contributed by atoms with Gasteiger partial charge in [-0.15, -0.1) is 0 Å². The molecular formula is C22H24N3O3S+. The molecule has 3 N–H and O–H groups in total. The highest BCUT2D eigenvalue weighted by Crippen LogP contribution is 2.09. The van der Waals surface area contributed by atoms with Gasteiger partial charge in [-0.1, -0.05) is 42.5 Å². The van der Waals surface area contributed by atoms with E-state index in [1.807, 2.05) is 47.3 Å². The molecule has 0 fully saturated rings. The normalized spacial score (nSPS) is 11.2. The molecular weight excluding hydrogens is 386 g/mol. The molecule has 7 heteroatoms. The maximum atomic E-state index is 12.1. The first-order chi connectivity index (χ1) is 13.9. The molecule has 1 heterocycles. The molecule has 1 amide bonds. The second-order valence-electron chi connectivity index (χ2n) is 6.83. The van der Waals surface area contributed by atoms with Gasteiger partial charge in [0.25, 0.3) is 5.91 Å². The first kappa shape index (κ1) is 20.7. The summed E-state index contributed by atoms with van der Waals surface area (Å²) < 4.78 is 24.3. The number of carbonyl (C=O) groups is 1. The minimum atomic E-state index is -3.68. The van der Waals surface area contributed by atoms with E-state index in [-0.39, 0.29) is 17.3 Å². The number of nitrogens with zero attached hydrogens (tertiary/aromatic N) is 1. The van der Waals surface area contributed by atoms with Crippen LogP contribution in [0.25, 0.3) is 0 Å². The first-order valence-electron chi connectivity index (χ1n) is 9.30. The fourth-order valence-corrected chi connectivity index (χ4v) is 3.47. The summed E-state index contributed by atoms with van der Waals surface area (Å²) in [6, 6.07) is 20.6. The van der Waals surface area contributed by atoms with Gasteiger partial charge >= 0.3 is 0 Å².